The Balaban J connectivity index is 3.06. The molecule has 3 N–H and O–H groups in total. The Kier molecular flexibility index (Phi) is 3.09. The molecular formula is C9H10F3NO2. The highest BCUT2D eigenvalue weighted by molar-refractivity contribution is 5.42. The molecule has 0 radical (unpaired) electrons. The van der Waals surface area contributed by atoms with E-state index in [9.17, 15) is 18.3 Å². The van der Waals surface area contributed by atoms with Gasteiger partial charge in [0.1, 0.15) is 6.04 Å². The summed E-state index contributed by atoms with van der Waals surface area (Å²) in [4.78, 5) is 0. The van der Waals surface area contributed by atoms with E-state index in [1.54, 1.807) is 0 Å². The summed E-state index contributed by atoms with van der Waals surface area (Å²) in [7, 11) is 1.25. The average molecular weight is 221 g/mol. The standard InChI is InChI=1S/C9H10F3NO2/c1-15-7-4-5(2-3-6(7)14)8(13)9(10,11)12/h2-4,8,14H,13H2,1H3/t8-/m0/s1. The van der Waals surface area contributed by atoms with Gasteiger partial charge < -0.3 is 15.6 Å². The van der Waals surface area contributed by atoms with Crippen LogP contribution in [0.3, 0.4) is 0 Å². The van der Waals surface area contributed by atoms with Gasteiger partial charge in [0, 0.05) is 0 Å². The van der Waals surface area contributed by atoms with Crippen LogP contribution in [0.2, 0.25) is 0 Å². The van der Waals surface area contributed by atoms with Gasteiger partial charge in [0.05, 0.1) is 7.11 Å². The normalized spacial score (nSPS) is 13.7. The van der Waals surface area contributed by atoms with E-state index < -0.39 is 12.2 Å². The van der Waals surface area contributed by atoms with Crippen LogP contribution in [0.25, 0.3) is 0 Å². The van der Waals surface area contributed by atoms with Gasteiger partial charge in [-0.05, 0) is 17.7 Å². The first-order valence-corrected chi connectivity index (χ1v) is 4.05. The maximum atomic E-state index is 12.2. The Bertz CT molecular complexity index is 352. The maximum Gasteiger partial charge on any atom is 0.407 e. The second kappa shape index (κ2) is 3.98. The second-order valence-corrected chi connectivity index (χ2v) is 2.95. The molecular weight excluding hydrogens is 211 g/mol. The monoisotopic (exact) mass is 221 g/mol. The van der Waals surface area contributed by atoms with Crippen molar-refractivity contribution in [3.63, 3.8) is 0 Å². The number of phenolic OH excluding ortho intramolecular Hbond substituents is 1. The zero-order valence-corrected chi connectivity index (χ0v) is 7.88. The molecule has 0 saturated heterocycles. The molecule has 1 aromatic carbocycles. The number of aromatic hydroxyl groups is 1. The predicted molar refractivity (Wildman–Crippen MR) is 47.6 cm³/mol. The van der Waals surface area contributed by atoms with Gasteiger partial charge in [-0.1, -0.05) is 6.07 Å². The lowest BCUT2D eigenvalue weighted by Crippen LogP contribution is -2.28. The topological polar surface area (TPSA) is 55.5 Å². The Morgan fingerprint density at radius 2 is 2.00 bits per heavy atom. The molecule has 0 aromatic heterocycles. The summed E-state index contributed by atoms with van der Waals surface area (Å²) in [6.07, 6.45) is -4.51. The van der Waals surface area contributed by atoms with Crippen LogP contribution in [0.5, 0.6) is 11.5 Å². The Labute approximate surface area is 84.3 Å². The number of nitrogens with two attached hydrogens (primary N) is 1. The molecule has 0 spiro atoms. The van der Waals surface area contributed by atoms with Crippen LogP contribution in [-0.2, 0) is 0 Å². The Morgan fingerprint density at radius 3 is 2.47 bits per heavy atom. The van der Waals surface area contributed by atoms with Crippen LogP contribution in [-0.4, -0.2) is 18.4 Å². The number of alkyl halides is 3. The smallest absolute Gasteiger partial charge is 0.407 e. The highest BCUT2D eigenvalue weighted by Gasteiger charge is 2.38. The van der Waals surface area contributed by atoms with Crippen LogP contribution in [0.4, 0.5) is 13.2 Å². The van der Waals surface area contributed by atoms with Crippen molar-refractivity contribution in [1.82, 2.24) is 0 Å². The van der Waals surface area contributed by atoms with Crippen molar-refractivity contribution < 1.29 is 23.0 Å². The molecule has 0 amide bonds. The summed E-state index contributed by atoms with van der Waals surface area (Å²) in [5.74, 6) is -0.261. The molecule has 84 valence electrons. The first-order valence-electron chi connectivity index (χ1n) is 4.05. The van der Waals surface area contributed by atoms with Gasteiger partial charge in [-0.25, -0.2) is 0 Å². The first-order chi connectivity index (χ1) is 6.86. The number of hydrogen-bond donors (Lipinski definition) is 2. The minimum Gasteiger partial charge on any atom is -0.504 e. The number of phenols is 1. The third-order valence-electron chi connectivity index (χ3n) is 1.92. The lowest BCUT2D eigenvalue weighted by atomic mass is 10.1. The fraction of sp³-hybridized carbons (Fsp3) is 0.333. The zero-order chi connectivity index (χ0) is 11.6. The van der Waals surface area contributed by atoms with Gasteiger partial charge in [0.2, 0.25) is 0 Å². The van der Waals surface area contributed by atoms with Crippen molar-refractivity contribution in [1.29, 1.82) is 0 Å². The molecule has 1 atom stereocenters. The average Bonchev–Trinajstić information content (AvgIpc) is 2.16. The highest BCUT2D eigenvalue weighted by atomic mass is 19.4. The van der Waals surface area contributed by atoms with Crippen molar-refractivity contribution in [2.45, 2.75) is 12.2 Å². The molecule has 1 aromatic rings. The van der Waals surface area contributed by atoms with E-state index in [1.807, 2.05) is 0 Å². The van der Waals surface area contributed by atoms with Gasteiger partial charge in [-0.15, -0.1) is 0 Å². The molecule has 3 nitrogen and oxygen atoms in total. The lowest BCUT2D eigenvalue weighted by molar-refractivity contribution is -0.149. The summed E-state index contributed by atoms with van der Waals surface area (Å²) in [6.45, 7) is 0. The molecule has 1 rings (SSSR count). The number of methoxy groups -OCH3 is 1. The van der Waals surface area contributed by atoms with Crippen molar-refractivity contribution >= 4 is 0 Å². The molecule has 15 heavy (non-hydrogen) atoms. The van der Waals surface area contributed by atoms with Crippen molar-refractivity contribution in [2.75, 3.05) is 7.11 Å². The van der Waals surface area contributed by atoms with Crippen LogP contribution in [0, 0.1) is 0 Å². The van der Waals surface area contributed by atoms with Crippen molar-refractivity contribution in [2.24, 2.45) is 5.73 Å². The van der Waals surface area contributed by atoms with Crippen LogP contribution < -0.4 is 10.5 Å². The number of rotatable bonds is 2. The second-order valence-electron chi connectivity index (χ2n) is 2.95. The fourth-order valence-electron chi connectivity index (χ4n) is 1.08. The lowest BCUT2D eigenvalue weighted by Gasteiger charge is -2.16. The molecule has 0 fully saturated rings. The van der Waals surface area contributed by atoms with E-state index in [4.69, 9.17) is 5.73 Å². The summed E-state index contributed by atoms with van der Waals surface area (Å²) < 4.78 is 41.4. The third-order valence-corrected chi connectivity index (χ3v) is 1.92. The van der Waals surface area contributed by atoms with E-state index in [2.05, 4.69) is 4.74 Å². The zero-order valence-electron chi connectivity index (χ0n) is 7.88. The predicted octanol–water partition coefficient (Wildman–Crippen LogP) is 1.96. The van der Waals surface area contributed by atoms with E-state index in [1.165, 1.54) is 7.11 Å². The third kappa shape index (κ3) is 2.53. The van der Waals surface area contributed by atoms with E-state index >= 15 is 0 Å². The summed E-state index contributed by atoms with van der Waals surface area (Å²) in [6, 6.07) is 1.20. The fourth-order valence-corrected chi connectivity index (χ4v) is 1.08. The molecule has 0 bridgehead atoms. The molecule has 0 heterocycles. The van der Waals surface area contributed by atoms with Crippen LogP contribution in [0.15, 0.2) is 18.2 Å². The summed E-state index contributed by atoms with van der Waals surface area (Å²) in [5, 5.41) is 9.17. The first kappa shape index (κ1) is 11.6. The summed E-state index contributed by atoms with van der Waals surface area (Å²) >= 11 is 0. The Hall–Kier alpha value is -1.43. The highest BCUT2D eigenvalue weighted by Crippen LogP contribution is 2.34. The largest absolute Gasteiger partial charge is 0.504 e. The minimum atomic E-state index is -4.51. The van der Waals surface area contributed by atoms with Crippen molar-refractivity contribution in [3.8, 4) is 11.5 Å². The van der Waals surface area contributed by atoms with Crippen LogP contribution in [0.1, 0.15) is 11.6 Å². The number of ether oxygens (including phenoxy) is 1. The van der Waals surface area contributed by atoms with E-state index in [-0.39, 0.29) is 17.1 Å². The van der Waals surface area contributed by atoms with Crippen molar-refractivity contribution in [3.05, 3.63) is 23.8 Å². The van der Waals surface area contributed by atoms with Gasteiger partial charge in [-0.2, -0.15) is 13.2 Å². The number of hydrogen-bond acceptors (Lipinski definition) is 3. The summed E-state index contributed by atoms with van der Waals surface area (Å²) in [5.41, 5.74) is 4.83. The van der Waals surface area contributed by atoms with Gasteiger partial charge >= 0.3 is 6.18 Å². The van der Waals surface area contributed by atoms with E-state index in [0.29, 0.717) is 0 Å². The van der Waals surface area contributed by atoms with Gasteiger partial charge in [0.25, 0.3) is 0 Å². The Morgan fingerprint density at radius 1 is 1.40 bits per heavy atom. The van der Waals surface area contributed by atoms with Crippen LogP contribution >= 0.6 is 0 Å². The van der Waals surface area contributed by atoms with Gasteiger partial charge in [0.15, 0.2) is 11.5 Å². The molecule has 0 aliphatic rings. The minimum absolute atomic E-state index is 0.0350. The molecule has 0 aliphatic carbocycles. The number of benzene rings is 1. The van der Waals surface area contributed by atoms with Gasteiger partial charge in [-0.3, -0.25) is 0 Å². The number of halogens is 3. The maximum absolute atomic E-state index is 12.2. The molecule has 0 saturated carbocycles. The van der Waals surface area contributed by atoms with E-state index in [0.717, 1.165) is 18.2 Å². The quantitative estimate of drug-likeness (QED) is 0.802. The molecule has 0 unspecified atom stereocenters. The SMILES string of the molecule is COc1cc([C@H](N)C(F)(F)F)ccc1O. The molecule has 6 heteroatoms. The molecule has 0 aliphatic heterocycles.